The van der Waals surface area contributed by atoms with Gasteiger partial charge in [0.15, 0.2) is 11.4 Å². The Bertz CT molecular complexity index is 2070. The second kappa shape index (κ2) is 10.9. The van der Waals surface area contributed by atoms with Gasteiger partial charge in [0, 0.05) is 35.4 Å². The minimum atomic E-state index is -0.584. The lowest BCUT2D eigenvalue weighted by atomic mass is 10.0. The van der Waals surface area contributed by atoms with Gasteiger partial charge in [0.2, 0.25) is 0 Å². The van der Waals surface area contributed by atoms with Crippen LogP contribution in [0.3, 0.4) is 0 Å². The molecule has 0 radical (unpaired) electrons. The van der Waals surface area contributed by atoms with Gasteiger partial charge in [-0.25, -0.2) is 15.1 Å². The van der Waals surface area contributed by atoms with Gasteiger partial charge in [0.25, 0.3) is 11.5 Å². The minimum Gasteiger partial charge on any atom is -0.467 e. The molecule has 1 unspecified atom stereocenters. The molecule has 42 heavy (non-hydrogen) atoms. The second-order valence-corrected chi connectivity index (χ2v) is 9.43. The number of rotatable bonds is 5. The number of hydrogen-bond donors (Lipinski definition) is 3. The first kappa shape index (κ1) is 26.2. The van der Waals surface area contributed by atoms with Crippen molar-refractivity contribution in [2.45, 2.75) is 13.0 Å². The lowest BCUT2D eigenvalue weighted by molar-refractivity contribution is -0.577. The Balaban J connectivity index is 1.46. The third kappa shape index (κ3) is 4.77. The highest BCUT2D eigenvalue weighted by molar-refractivity contribution is 6.03. The number of amides is 1. The first-order valence-electron chi connectivity index (χ1n) is 13.0. The Kier molecular flexibility index (Phi) is 6.78. The first-order valence-corrected chi connectivity index (χ1v) is 13.0. The van der Waals surface area contributed by atoms with Crippen molar-refractivity contribution in [2.24, 2.45) is 0 Å². The Morgan fingerprint density at radius 1 is 1.07 bits per heavy atom. The van der Waals surface area contributed by atoms with Crippen LogP contribution in [-0.4, -0.2) is 37.6 Å². The zero-order valence-electron chi connectivity index (χ0n) is 22.7. The number of anilines is 1. The van der Waals surface area contributed by atoms with Gasteiger partial charge >= 0.3 is 11.7 Å². The monoisotopic (exact) mass is 557 g/mol. The lowest BCUT2D eigenvalue weighted by Crippen LogP contribution is -2.33. The Morgan fingerprint density at radius 2 is 1.86 bits per heavy atom. The summed E-state index contributed by atoms with van der Waals surface area (Å²) in [7, 11) is 1.49. The zero-order valence-corrected chi connectivity index (χ0v) is 22.7. The SMILES string of the molecule is COc1ncc(C#Cc2cccc3cc(C(C)NC(=O)c4c(N)[nH][n+]5cccnc45)n(-c4ccccc4)c(=O)c23)cn1. The number of para-hydroxylation sites is 1. The molecule has 6 rings (SSSR count). The van der Waals surface area contributed by atoms with E-state index in [4.69, 9.17) is 10.5 Å². The Hall–Kier alpha value is -6.02. The van der Waals surface area contributed by atoms with Crippen LogP contribution < -0.4 is 25.9 Å². The summed E-state index contributed by atoms with van der Waals surface area (Å²) in [5, 5.41) is 7.05. The van der Waals surface area contributed by atoms with Gasteiger partial charge < -0.3 is 15.8 Å². The molecule has 2 aromatic carbocycles. The van der Waals surface area contributed by atoms with Crippen LogP contribution in [0.15, 0.2) is 90.2 Å². The molecule has 0 spiro atoms. The van der Waals surface area contributed by atoms with Crippen LogP contribution in [0.25, 0.3) is 22.1 Å². The summed E-state index contributed by atoms with van der Waals surface area (Å²) in [5.74, 6) is 5.89. The van der Waals surface area contributed by atoms with E-state index in [0.717, 1.165) is 0 Å². The number of nitrogens with two attached hydrogens (primary N) is 1. The van der Waals surface area contributed by atoms with Crippen molar-refractivity contribution in [3.05, 3.63) is 118 Å². The predicted octanol–water partition coefficient (Wildman–Crippen LogP) is 2.72. The fourth-order valence-corrected chi connectivity index (χ4v) is 4.79. The molecule has 11 nitrogen and oxygen atoms in total. The van der Waals surface area contributed by atoms with Crippen molar-refractivity contribution in [1.29, 1.82) is 0 Å². The van der Waals surface area contributed by atoms with E-state index in [-0.39, 0.29) is 23.0 Å². The largest absolute Gasteiger partial charge is 0.467 e. The van der Waals surface area contributed by atoms with Gasteiger partial charge in [-0.3, -0.25) is 14.2 Å². The third-order valence-corrected chi connectivity index (χ3v) is 6.74. The summed E-state index contributed by atoms with van der Waals surface area (Å²) in [5.41, 5.74) is 8.83. The molecule has 0 aliphatic heterocycles. The summed E-state index contributed by atoms with van der Waals surface area (Å²) in [6.07, 6.45) is 6.42. The zero-order chi connectivity index (χ0) is 29.2. The van der Waals surface area contributed by atoms with Gasteiger partial charge in [-0.15, -0.1) is 4.52 Å². The van der Waals surface area contributed by atoms with Crippen LogP contribution in [-0.2, 0) is 0 Å². The van der Waals surface area contributed by atoms with E-state index in [2.05, 4.69) is 37.2 Å². The molecule has 0 aliphatic carbocycles. The first-order chi connectivity index (χ1) is 20.4. The van der Waals surface area contributed by atoms with E-state index in [0.29, 0.717) is 38.9 Å². The van der Waals surface area contributed by atoms with E-state index in [1.54, 1.807) is 46.0 Å². The molecule has 4 heterocycles. The molecule has 0 aliphatic rings. The number of nitrogens with one attached hydrogen (secondary N) is 2. The molecule has 206 valence electrons. The predicted molar refractivity (Wildman–Crippen MR) is 156 cm³/mol. The summed E-state index contributed by atoms with van der Waals surface area (Å²) in [4.78, 5) is 40.1. The number of methoxy groups -OCH3 is 1. The molecule has 1 amide bonds. The maximum Gasteiger partial charge on any atom is 0.362 e. The van der Waals surface area contributed by atoms with Crippen molar-refractivity contribution >= 4 is 28.1 Å². The molecule has 0 saturated heterocycles. The fraction of sp³-hybridized carbons (Fsp3) is 0.0968. The van der Waals surface area contributed by atoms with E-state index in [1.165, 1.54) is 7.11 Å². The Morgan fingerprint density at radius 3 is 2.62 bits per heavy atom. The second-order valence-electron chi connectivity index (χ2n) is 9.43. The fourth-order valence-electron chi connectivity index (χ4n) is 4.79. The van der Waals surface area contributed by atoms with Crippen molar-refractivity contribution < 1.29 is 14.0 Å². The molecule has 0 bridgehead atoms. The van der Waals surface area contributed by atoms with Gasteiger partial charge in [0.05, 0.1) is 24.1 Å². The average molecular weight is 558 g/mol. The number of aromatic amines is 1. The van der Waals surface area contributed by atoms with Crippen LogP contribution >= 0.6 is 0 Å². The lowest BCUT2D eigenvalue weighted by Gasteiger charge is -2.21. The highest BCUT2D eigenvalue weighted by atomic mass is 16.5. The number of carbonyl (C=O) groups is 1. The van der Waals surface area contributed by atoms with E-state index >= 15 is 0 Å². The number of pyridine rings is 1. The molecule has 11 heteroatoms. The standard InChI is InChI=1S/C31H24N8O3/c1-19(36-29(40)26-27(32)37-38-15-7-14-33-28(26)38)24-16-22-9-6-8-21(13-12-20-17-34-31(42-2)35-18-20)25(22)30(41)39(24)23-10-4-3-5-11-23/h3-11,14-19H,1-2H3,(H3,32,36,37,40)/p+1. The van der Waals surface area contributed by atoms with Gasteiger partial charge in [-0.05, 0) is 41.6 Å². The van der Waals surface area contributed by atoms with Crippen molar-refractivity contribution in [3.8, 4) is 23.5 Å². The highest BCUT2D eigenvalue weighted by Crippen LogP contribution is 2.24. The number of H-pyrrole nitrogens is 1. The van der Waals surface area contributed by atoms with Gasteiger partial charge in [0.1, 0.15) is 12.4 Å². The third-order valence-electron chi connectivity index (χ3n) is 6.74. The number of nitrogens with zero attached hydrogens (tertiary/aromatic N) is 5. The summed E-state index contributed by atoms with van der Waals surface area (Å²) in [6.45, 7) is 1.82. The summed E-state index contributed by atoms with van der Waals surface area (Å²) < 4.78 is 8.18. The van der Waals surface area contributed by atoms with Crippen molar-refractivity contribution in [1.82, 2.24) is 29.9 Å². The molecule has 0 fully saturated rings. The molecular weight excluding hydrogens is 532 g/mol. The Labute approximate surface area is 239 Å². The number of benzene rings is 2. The molecule has 6 aromatic rings. The number of aromatic nitrogens is 6. The number of ether oxygens (including phenoxy) is 1. The topological polar surface area (TPSA) is 145 Å². The quantitative estimate of drug-likeness (QED) is 0.218. The van der Waals surface area contributed by atoms with Crippen molar-refractivity contribution in [2.75, 3.05) is 12.8 Å². The van der Waals surface area contributed by atoms with E-state index < -0.39 is 11.9 Å². The summed E-state index contributed by atoms with van der Waals surface area (Å²) in [6, 6.07) is 18.0. The molecule has 4 N–H and O–H groups in total. The van der Waals surface area contributed by atoms with E-state index in [1.807, 2.05) is 55.5 Å². The molecule has 1 atom stereocenters. The number of carbonyl (C=O) groups excluding carboxylic acids is 1. The average Bonchev–Trinajstić information content (AvgIpc) is 3.36. The van der Waals surface area contributed by atoms with Crippen LogP contribution in [0, 0.1) is 11.8 Å². The maximum absolute atomic E-state index is 14.2. The van der Waals surface area contributed by atoms with Crippen LogP contribution in [0.2, 0.25) is 0 Å². The molecular formula is C31H25N8O3+. The molecule has 0 saturated carbocycles. The smallest absolute Gasteiger partial charge is 0.362 e. The van der Waals surface area contributed by atoms with Crippen LogP contribution in [0.4, 0.5) is 5.82 Å². The van der Waals surface area contributed by atoms with E-state index in [9.17, 15) is 9.59 Å². The molecule has 4 aromatic heterocycles. The van der Waals surface area contributed by atoms with Crippen LogP contribution in [0.1, 0.15) is 40.1 Å². The number of nitrogen functional groups attached to an aromatic ring is 1. The van der Waals surface area contributed by atoms with Crippen LogP contribution in [0.5, 0.6) is 6.01 Å². The van der Waals surface area contributed by atoms with Crippen molar-refractivity contribution in [3.63, 3.8) is 0 Å². The number of fused-ring (bicyclic) bond motifs is 2. The summed E-state index contributed by atoms with van der Waals surface area (Å²) >= 11 is 0. The highest BCUT2D eigenvalue weighted by Gasteiger charge is 2.27. The normalized spacial score (nSPS) is 11.6. The maximum atomic E-state index is 14.2. The minimum absolute atomic E-state index is 0.183. The number of hydrogen-bond acceptors (Lipinski definition) is 7. The van der Waals surface area contributed by atoms with Gasteiger partial charge in [-0.1, -0.05) is 42.2 Å². The van der Waals surface area contributed by atoms with Gasteiger partial charge in [-0.2, -0.15) is 0 Å².